The lowest BCUT2D eigenvalue weighted by atomic mass is 9.91. The predicted octanol–water partition coefficient (Wildman–Crippen LogP) is 5.04. The summed E-state index contributed by atoms with van der Waals surface area (Å²) in [6.07, 6.45) is 5.01. The molecule has 0 heterocycles. The standard InChI is InChI=1S/C14H18BrCl/c1-10-4-2-7-13(10)14(16)9-11-5-3-6-12(15)8-11/h3,5-6,8,10,13-14H,2,4,7,9H2,1H3. The molecule has 0 saturated heterocycles. The number of rotatable bonds is 3. The van der Waals surface area contributed by atoms with E-state index in [1.807, 2.05) is 0 Å². The lowest BCUT2D eigenvalue weighted by Crippen LogP contribution is -2.19. The maximum Gasteiger partial charge on any atom is 0.0407 e. The van der Waals surface area contributed by atoms with E-state index in [4.69, 9.17) is 11.6 Å². The van der Waals surface area contributed by atoms with Crippen LogP contribution in [0.3, 0.4) is 0 Å². The third kappa shape index (κ3) is 3.01. The molecule has 3 unspecified atom stereocenters. The van der Waals surface area contributed by atoms with Gasteiger partial charge in [-0.2, -0.15) is 0 Å². The van der Waals surface area contributed by atoms with Gasteiger partial charge < -0.3 is 0 Å². The van der Waals surface area contributed by atoms with Crippen LogP contribution in [0.5, 0.6) is 0 Å². The van der Waals surface area contributed by atoms with Crippen molar-refractivity contribution in [2.45, 2.75) is 38.0 Å². The summed E-state index contributed by atoms with van der Waals surface area (Å²) in [5.41, 5.74) is 1.34. The van der Waals surface area contributed by atoms with Crippen molar-refractivity contribution in [2.75, 3.05) is 0 Å². The van der Waals surface area contributed by atoms with Gasteiger partial charge in [-0.05, 0) is 42.4 Å². The Morgan fingerprint density at radius 3 is 2.88 bits per heavy atom. The molecule has 3 atom stereocenters. The van der Waals surface area contributed by atoms with E-state index in [0.717, 1.165) is 16.8 Å². The number of alkyl halides is 1. The Hall–Kier alpha value is -0.0100. The maximum absolute atomic E-state index is 6.55. The Labute approximate surface area is 112 Å². The smallest absolute Gasteiger partial charge is 0.0407 e. The van der Waals surface area contributed by atoms with E-state index in [-0.39, 0.29) is 0 Å². The number of halogens is 2. The van der Waals surface area contributed by atoms with Gasteiger partial charge in [0, 0.05) is 9.85 Å². The Bertz CT molecular complexity index is 350. The van der Waals surface area contributed by atoms with Crippen LogP contribution in [0.1, 0.15) is 31.7 Å². The largest absolute Gasteiger partial charge is 0.122 e. The molecular weight excluding hydrogens is 284 g/mol. The van der Waals surface area contributed by atoms with Crippen LogP contribution in [-0.4, -0.2) is 5.38 Å². The van der Waals surface area contributed by atoms with Crippen LogP contribution in [0, 0.1) is 11.8 Å². The molecule has 1 saturated carbocycles. The molecule has 0 aliphatic heterocycles. The average Bonchev–Trinajstić information content (AvgIpc) is 2.64. The van der Waals surface area contributed by atoms with Crippen molar-refractivity contribution in [3.8, 4) is 0 Å². The van der Waals surface area contributed by atoms with Crippen molar-refractivity contribution >= 4 is 27.5 Å². The molecule has 0 amide bonds. The first kappa shape index (κ1) is 12.4. The molecular formula is C14H18BrCl. The molecule has 1 aliphatic carbocycles. The summed E-state index contributed by atoms with van der Waals surface area (Å²) in [7, 11) is 0. The van der Waals surface area contributed by atoms with Gasteiger partial charge >= 0.3 is 0 Å². The van der Waals surface area contributed by atoms with Crippen LogP contribution in [0.25, 0.3) is 0 Å². The first-order chi connectivity index (χ1) is 7.66. The fraction of sp³-hybridized carbons (Fsp3) is 0.571. The number of benzene rings is 1. The normalized spacial score (nSPS) is 26.9. The van der Waals surface area contributed by atoms with Crippen molar-refractivity contribution in [3.63, 3.8) is 0 Å². The van der Waals surface area contributed by atoms with Crippen LogP contribution in [-0.2, 0) is 6.42 Å². The Morgan fingerprint density at radius 1 is 1.44 bits per heavy atom. The fourth-order valence-corrected chi connectivity index (χ4v) is 3.75. The second-order valence-electron chi connectivity index (χ2n) is 4.92. The van der Waals surface area contributed by atoms with Crippen LogP contribution in [0.4, 0.5) is 0 Å². The van der Waals surface area contributed by atoms with Gasteiger partial charge in [0.25, 0.3) is 0 Å². The van der Waals surface area contributed by atoms with E-state index in [0.29, 0.717) is 11.3 Å². The monoisotopic (exact) mass is 300 g/mol. The minimum atomic E-state index is 0.298. The summed E-state index contributed by atoms with van der Waals surface area (Å²) in [6.45, 7) is 2.34. The number of hydrogen-bond donors (Lipinski definition) is 0. The first-order valence-electron chi connectivity index (χ1n) is 6.05. The molecule has 0 aromatic heterocycles. The highest BCUT2D eigenvalue weighted by Crippen LogP contribution is 2.37. The average molecular weight is 302 g/mol. The zero-order valence-corrected chi connectivity index (χ0v) is 12.0. The molecule has 1 aromatic rings. The molecule has 16 heavy (non-hydrogen) atoms. The Kier molecular flexibility index (Phi) is 4.32. The molecule has 1 aliphatic rings. The van der Waals surface area contributed by atoms with E-state index in [1.54, 1.807) is 0 Å². The van der Waals surface area contributed by atoms with Gasteiger partial charge in [-0.1, -0.05) is 47.8 Å². The van der Waals surface area contributed by atoms with E-state index in [1.165, 1.54) is 24.8 Å². The van der Waals surface area contributed by atoms with Crippen LogP contribution < -0.4 is 0 Å². The summed E-state index contributed by atoms with van der Waals surface area (Å²) < 4.78 is 1.15. The molecule has 88 valence electrons. The van der Waals surface area contributed by atoms with Gasteiger partial charge in [-0.15, -0.1) is 11.6 Å². The van der Waals surface area contributed by atoms with Crippen molar-refractivity contribution in [2.24, 2.45) is 11.8 Å². The van der Waals surface area contributed by atoms with Crippen molar-refractivity contribution in [1.29, 1.82) is 0 Å². The molecule has 2 rings (SSSR count). The number of hydrogen-bond acceptors (Lipinski definition) is 0. The molecule has 1 fully saturated rings. The minimum Gasteiger partial charge on any atom is -0.122 e. The van der Waals surface area contributed by atoms with Gasteiger partial charge in [0.05, 0.1) is 0 Å². The highest BCUT2D eigenvalue weighted by Gasteiger charge is 2.29. The van der Waals surface area contributed by atoms with Gasteiger partial charge in [0.15, 0.2) is 0 Å². The summed E-state index contributed by atoms with van der Waals surface area (Å²) >= 11 is 10.1. The molecule has 0 nitrogen and oxygen atoms in total. The van der Waals surface area contributed by atoms with Crippen molar-refractivity contribution < 1.29 is 0 Å². The second kappa shape index (κ2) is 5.55. The van der Waals surface area contributed by atoms with E-state index < -0.39 is 0 Å². The Balaban J connectivity index is 1.99. The molecule has 2 heteroatoms. The highest BCUT2D eigenvalue weighted by atomic mass is 79.9. The first-order valence-corrected chi connectivity index (χ1v) is 7.28. The molecule has 0 bridgehead atoms. The van der Waals surface area contributed by atoms with Gasteiger partial charge in [0.1, 0.15) is 0 Å². The second-order valence-corrected chi connectivity index (χ2v) is 6.40. The molecule has 0 N–H and O–H groups in total. The fourth-order valence-electron chi connectivity index (χ4n) is 2.75. The highest BCUT2D eigenvalue weighted by molar-refractivity contribution is 9.10. The van der Waals surface area contributed by atoms with Crippen molar-refractivity contribution in [1.82, 2.24) is 0 Å². The van der Waals surface area contributed by atoms with Crippen LogP contribution in [0.2, 0.25) is 0 Å². The lowest BCUT2D eigenvalue weighted by Gasteiger charge is -2.21. The maximum atomic E-state index is 6.55. The van der Waals surface area contributed by atoms with E-state index >= 15 is 0 Å². The van der Waals surface area contributed by atoms with Gasteiger partial charge in [0.2, 0.25) is 0 Å². The van der Waals surface area contributed by atoms with Crippen molar-refractivity contribution in [3.05, 3.63) is 34.3 Å². The predicted molar refractivity (Wildman–Crippen MR) is 74.0 cm³/mol. The summed E-state index contributed by atoms with van der Waals surface area (Å²) in [5, 5.41) is 0.298. The third-order valence-corrected chi connectivity index (χ3v) is 4.68. The van der Waals surface area contributed by atoms with E-state index in [2.05, 4.69) is 47.1 Å². The SMILES string of the molecule is CC1CCCC1C(Cl)Cc1cccc(Br)c1. The van der Waals surface area contributed by atoms with E-state index in [9.17, 15) is 0 Å². The van der Waals surface area contributed by atoms with Gasteiger partial charge in [-0.3, -0.25) is 0 Å². The summed E-state index contributed by atoms with van der Waals surface area (Å²) in [4.78, 5) is 0. The van der Waals surface area contributed by atoms with Crippen LogP contribution in [0.15, 0.2) is 28.7 Å². The zero-order chi connectivity index (χ0) is 11.5. The minimum absolute atomic E-state index is 0.298. The summed E-state index contributed by atoms with van der Waals surface area (Å²) in [5.74, 6) is 1.51. The van der Waals surface area contributed by atoms with Crippen LogP contribution >= 0.6 is 27.5 Å². The molecule has 0 radical (unpaired) electrons. The zero-order valence-electron chi connectivity index (χ0n) is 9.63. The van der Waals surface area contributed by atoms with Gasteiger partial charge in [-0.25, -0.2) is 0 Å². The summed E-state index contributed by atoms with van der Waals surface area (Å²) in [6, 6.07) is 8.49. The Morgan fingerprint density at radius 2 is 2.25 bits per heavy atom. The topological polar surface area (TPSA) is 0 Å². The molecule has 1 aromatic carbocycles. The quantitative estimate of drug-likeness (QED) is 0.687. The molecule has 0 spiro atoms. The lowest BCUT2D eigenvalue weighted by molar-refractivity contribution is 0.398. The third-order valence-electron chi connectivity index (χ3n) is 3.71.